The lowest BCUT2D eigenvalue weighted by Gasteiger charge is -2.28. The highest BCUT2D eigenvalue weighted by Gasteiger charge is 2.23. The molecule has 0 saturated heterocycles. The smallest absolute Gasteiger partial charge is 0.116 e. The molecule has 0 atom stereocenters. The molecule has 0 saturated carbocycles. The highest BCUT2D eigenvalue weighted by Crippen LogP contribution is 2.21. The molecule has 0 rings (SSSR count). The Kier molecular flexibility index (Phi) is 4.65. The summed E-state index contributed by atoms with van der Waals surface area (Å²) in [6, 6.07) is 0. The van der Waals surface area contributed by atoms with Crippen LogP contribution in [0.1, 0.15) is 47.5 Å². The maximum absolute atomic E-state index is 5.35. The lowest BCUT2D eigenvalue weighted by molar-refractivity contribution is -0.391. The summed E-state index contributed by atoms with van der Waals surface area (Å²) in [5.74, 6) is 0. The van der Waals surface area contributed by atoms with Gasteiger partial charge in [-0.2, -0.15) is 0 Å². The van der Waals surface area contributed by atoms with Crippen LogP contribution in [0.4, 0.5) is 0 Å². The van der Waals surface area contributed by atoms with E-state index in [1.165, 1.54) is 0 Å². The van der Waals surface area contributed by atoms with Gasteiger partial charge in [0.2, 0.25) is 0 Å². The average Bonchev–Trinajstić information content (AvgIpc) is 2.02. The molecule has 78 valence electrons. The fraction of sp³-hybridized carbons (Fsp3) is 0.818. The summed E-state index contributed by atoms with van der Waals surface area (Å²) < 4.78 is 0. The molecule has 0 aliphatic rings. The molecule has 13 heavy (non-hydrogen) atoms. The van der Waals surface area contributed by atoms with Gasteiger partial charge in [-0.25, -0.2) is 9.78 Å². The Balaban J connectivity index is 3.93. The Morgan fingerprint density at radius 1 is 1.15 bits per heavy atom. The van der Waals surface area contributed by atoms with Crippen LogP contribution in [0.2, 0.25) is 0 Å². The average molecular weight is 186 g/mol. The van der Waals surface area contributed by atoms with Gasteiger partial charge in [0, 0.05) is 0 Å². The Hall–Kier alpha value is -0.340. The van der Waals surface area contributed by atoms with Crippen LogP contribution in [0.3, 0.4) is 0 Å². The molecule has 0 aliphatic carbocycles. The van der Waals surface area contributed by atoms with Gasteiger partial charge in [0.1, 0.15) is 5.60 Å². The molecular weight excluding hydrogens is 164 g/mol. The zero-order valence-corrected chi connectivity index (χ0v) is 9.52. The SMILES string of the molecule is C=CC(C)(C)OOC(C)(C)CCC. The van der Waals surface area contributed by atoms with E-state index < -0.39 is 5.60 Å². The van der Waals surface area contributed by atoms with Crippen molar-refractivity contribution in [1.82, 2.24) is 0 Å². The minimum absolute atomic E-state index is 0.213. The van der Waals surface area contributed by atoms with E-state index in [4.69, 9.17) is 9.78 Å². The van der Waals surface area contributed by atoms with Crippen molar-refractivity contribution in [2.45, 2.75) is 58.7 Å². The predicted octanol–water partition coefficient (Wildman–Crippen LogP) is 3.48. The molecule has 0 aromatic rings. The van der Waals surface area contributed by atoms with Gasteiger partial charge in [0.15, 0.2) is 0 Å². The molecule has 0 unspecified atom stereocenters. The van der Waals surface area contributed by atoms with Crippen LogP contribution in [0, 0.1) is 0 Å². The van der Waals surface area contributed by atoms with E-state index in [1.54, 1.807) is 6.08 Å². The van der Waals surface area contributed by atoms with E-state index in [2.05, 4.69) is 13.5 Å². The van der Waals surface area contributed by atoms with Gasteiger partial charge >= 0.3 is 0 Å². The van der Waals surface area contributed by atoms with Crippen molar-refractivity contribution in [1.29, 1.82) is 0 Å². The molecule has 0 amide bonds. The first-order chi connectivity index (χ1) is 5.83. The first-order valence-corrected chi connectivity index (χ1v) is 4.83. The topological polar surface area (TPSA) is 18.5 Å². The molecule has 0 bridgehead atoms. The van der Waals surface area contributed by atoms with E-state index in [-0.39, 0.29) is 5.60 Å². The molecule has 0 aromatic heterocycles. The maximum atomic E-state index is 5.35. The van der Waals surface area contributed by atoms with Crippen LogP contribution < -0.4 is 0 Å². The van der Waals surface area contributed by atoms with Gasteiger partial charge in [-0.1, -0.05) is 19.4 Å². The van der Waals surface area contributed by atoms with Crippen molar-refractivity contribution >= 4 is 0 Å². The first-order valence-electron chi connectivity index (χ1n) is 4.83. The third-order valence-corrected chi connectivity index (χ3v) is 1.83. The second kappa shape index (κ2) is 4.77. The van der Waals surface area contributed by atoms with Crippen LogP contribution in [0.5, 0.6) is 0 Å². The molecule has 0 radical (unpaired) electrons. The van der Waals surface area contributed by atoms with Gasteiger partial charge in [0.05, 0.1) is 5.60 Å². The van der Waals surface area contributed by atoms with Crippen molar-refractivity contribution < 1.29 is 9.78 Å². The molecule has 2 heteroatoms. The van der Waals surface area contributed by atoms with Crippen LogP contribution in [0.25, 0.3) is 0 Å². The van der Waals surface area contributed by atoms with Crippen molar-refractivity contribution in [3.63, 3.8) is 0 Å². The minimum Gasteiger partial charge on any atom is -0.230 e. The van der Waals surface area contributed by atoms with Crippen LogP contribution in [0.15, 0.2) is 12.7 Å². The molecule has 0 fully saturated rings. The Labute approximate surface area is 81.9 Å². The van der Waals surface area contributed by atoms with Gasteiger partial charge < -0.3 is 0 Å². The van der Waals surface area contributed by atoms with E-state index in [9.17, 15) is 0 Å². The predicted molar refractivity (Wildman–Crippen MR) is 55.4 cm³/mol. The monoisotopic (exact) mass is 186 g/mol. The van der Waals surface area contributed by atoms with Crippen molar-refractivity contribution in [3.8, 4) is 0 Å². The van der Waals surface area contributed by atoms with Gasteiger partial charge in [-0.15, -0.1) is 6.58 Å². The maximum Gasteiger partial charge on any atom is 0.116 e. The first kappa shape index (κ1) is 12.7. The lowest BCUT2D eigenvalue weighted by Crippen LogP contribution is -2.31. The Morgan fingerprint density at radius 2 is 1.69 bits per heavy atom. The third-order valence-electron chi connectivity index (χ3n) is 1.83. The zero-order chi connectivity index (χ0) is 10.5. The van der Waals surface area contributed by atoms with E-state index in [0.717, 1.165) is 12.8 Å². The fourth-order valence-electron chi connectivity index (χ4n) is 0.898. The van der Waals surface area contributed by atoms with Crippen LogP contribution in [-0.4, -0.2) is 11.2 Å². The van der Waals surface area contributed by atoms with Crippen molar-refractivity contribution in [2.24, 2.45) is 0 Å². The number of rotatable bonds is 6. The van der Waals surface area contributed by atoms with Gasteiger partial charge in [-0.05, 0) is 34.1 Å². The largest absolute Gasteiger partial charge is 0.230 e. The molecular formula is C11H22O2. The summed E-state index contributed by atoms with van der Waals surface area (Å²) in [6.45, 7) is 13.7. The summed E-state index contributed by atoms with van der Waals surface area (Å²) in [7, 11) is 0. The van der Waals surface area contributed by atoms with E-state index >= 15 is 0 Å². The third kappa shape index (κ3) is 5.83. The molecule has 0 spiro atoms. The molecule has 0 aliphatic heterocycles. The summed E-state index contributed by atoms with van der Waals surface area (Å²) >= 11 is 0. The second-order valence-corrected chi connectivity index (χ2v) is 4.48. The molecule has 0 N–H and O–H groups in total. The van der Waals surface area contributed by atoms with Crippen molar-refractivity contribution in [2.75, 3.05) is 0 Å². The van der Waals surface area contributed by atoms with Gasteiger partial charge in [-0.3, -0.25) is 0 Å². The number of hydrogen-bond acceptors (Lipinski definition) is 2. The summed E-state index contributed by atoms with van der Waals surface area (Å²) in [5, 5.41) is 0. The van der Waals surface area contributed by atoms with Crippen molar-refractivity contribution in [3.05, 3.63) is 12.7 Å². The highest BCUT2D eigenvalue weighted by molar-refractivity contribution is 4.88. The lowest BCUT2D eigenvalue weighted by atomic mass is 10.0. The molecule has 0 aromatic carbocycles. The van der Waals surface area contributed by atoms with Crippen LogP contribution >= 0.6 is 0 Å². The summed E-state index contributed by atoms with van der Waals surface area (Å²) in [6.07, 6.45) is 3.81. The number of hydrogen-bond donors (Lipinski definition) is 0. The fourth-order valence-corrected chi connectivity index (χ4v) is 0.898. The van der Waals surface area contributed by atoms with E-state index in [0.29, 0.717) is 0 Å². The summed E-state index contributed by atoms with van der Waals surface area (Å²) in [4.78, 5) is 10.6. The quantitative estimate of drug-likeness (QED) is 0.359. The normalized spacial score (nSPS) is 13.0. The Morgan fingerprint density at radius 3 is 2.08 bits per heavy atom. The van der Waals surface area contributed by atoms with Crippen LogP contribution in [-0.2, 0) is 9.78 Å². The standard InChI is InChI=1S/C11H22O2/c1-7-9-11(5,6)13-12-10(3,4)8-2/h8H,2,7,9H2,1,3-6H3. The second-order valence-electron chi connectivity index (χ2n) is 4.48. The Bertz CT molecular complexity index is 159. The zero-order valence-electron chi connectivity index (χ0n) is 9.52. The highest BCUT2D eigenvalue weighted by atomic mass is 17.2. The molecule has 2 nitrogen and oxygen atoms in total. The minimum atomic E-state index is -0.412. The summed E-state index contributed by atoms with van der Waals surface area (Å²) in [5.41, 5.74) is -0.625. The van der Waals surface area contributed by atoms with E-state index in [1.807, 2.05) is 27.7 Å². The van der Waals surface area contributed by atoms with Gasteiger partial charge in [0.25, 0.3) is 0 Å². The molecule has 0 heterocycles.